The summed E-state index contributed by atoms with van der Waals surface area (Å²) in [5.41, 5.74) is 2.17. The Morgan fingerprint density at radius 1 is 1.08 bits per heavy atom. The maximum absolute atomic E-state index is 12.4. The van der Waals surface area contributed by atoms with Gasteiger partial charge in [0.1, 0.15) is 0 Å². The van der Waals surface area contributed by atoms with E-state index in [1.54, 1.807) is 36.4 Å². The van der Waals surface area contributed by atoms with Gasteiger partial charge in [0.15, 0.2) is 0 Å². The maximum atomic E-state index is 12.4. The van der Waals surface area contributed by atoms with Crippen molar-refractivity contribution >= 4 is 33.0 Å². The van der Waals surface area contributed by atoms with Gasteiger partial charge in [0.25, 0.3) is 0 Å². The third-order valence-electron chi connectivity index (χ3n) is 4.41. The molecule has 2 aromatic rings. The van der Waals surface area contributed by atoms with Gasteiger partial charge in [-0.15, -0.1) is 0 Å². The predicted molar refractivity (Wildman–Crippen MR) is 106 cm³/mol. The molecule has 1 aliphatic rings. The van der Waals surface area contributed by atoms with Gasteiger partial charge in [0.05, 0.1) is 19.0 Å². The van der Waals surface area contributed by atoms with Crippen LogP contribution in [0.1, 0.15) is 19.4 Å². The molecule has 2 unspecified atom stereocenters. The fourth-order valence-electron chi connectivity index (χ4n) is 3.25. The third-order valence-corrected chi connectivity index (χ3v) is 6.02. The predicted octanol–water partition coefficient (Wildman–Crippen LogP) is 3.90. The first-order valence-corrected chi connectivity index (χ1v) is 10.6. The zero-order chi connectivity index (χ0) is 18.7. The minimum atomic E-state index is -3.54. The highest BCUT2D eigenvalue weighted by Crippen LogP contribution is 2.26. The van der Waals surface area contributed by atoms with Crippen LogP contribution in [0.4, 0.5) is 11.4 Å². The molecule has 1 aliphatic heterocycles. The number of benzene rings is 2. The number of halogens is 1. The van der Waals surface area contributed by atoms with Crippen LogP contribution in [0.2, 0.25) is 5.02 Å². The van der Waals surface area contributed by atoms with Crippen molar-refractivity contribution in [2.45, 2.75) is 31.7 Å². The van der Waals surface area contributed by atoms with E-state index in [2.05, 4.69) is 23.5 Å². The van der Waals surface area contributed by atoms with Gasteiger partial charge in [0.2, 0.25) is 10.0 Å². The highest BCUT2D eigenvalue weighted by molar-refractivity contribution is 7.91. The van der Waals surface area contributed by atoms with Gasteiger partial charge >= 0.3 is 0 Å². The Balaban J connectivity index is 1.71. The van der Waals surface area contributed by atoms with Gasteiger partial charge in [-0.05, 0) is 49.7 Å². The molecule has 7 heteroatoms. The molecule has 1 saturated heterocycles. The normalized spacial score (nSPS) is 20.8. The monoisotopic (exact) mass is 394 g/mol. The molecule has 1 N–H and O–H groups in total. The molecule has 0 aromatic heterocycles. The third kappa shape index (κ3) is 4.50. The minimum absolute atomic E-state index is 0.161. The van der Waals surface area contributed by atoms with E-state index in [1.807, 2.05) is 12.1 Å². The fourth-order valence-corrected chi connectivity index (χ4v) is 4.76. The molecule has 0 radical (unpaired) electrons. The molecule has 0 saturated carbocycles. The molecule has 2 aromatic carbocycles. The molecule has 2 atom stereocenters. The van der Waals surface area contributed by atoms with Gasteiger partial charge in [-0.2, -0.15) is 0 Å². The Labute approximate surface area is 160 Å². The molecule has 0 aliphatic carbocycles. The second kappa shape index (κ2) is 7.86. The van der Waals surface area contributed by atoms with Gasteiger partial charge in [-0.3, -0.25) is 4.72 Å². The number of rotatable bonds is 5. The summed E-state index contributed by atoms with van der Waals surface area (Å²) in [6.07, 6.45) is 0. The standard InChI is InChI=1S/C19H23ClN2O3S/c1-14-11-25-12-15(2)22(14)18-9-7-17(8-10-18)21-26(23,24)13-16-5-3-4-6-19(16)20/h3-10,14-15,21H,11-13H2,1-2H3. The molecule has 1 fully saturated rings. The van der Waals surface area contributed by atoms with Crippen molar-refractivity contribution in [3.05, 3.63) is 59.1 Å². The lowest BCUT2D eigenvalue weighted by molar-refractivity contribution is 0.0757. The van der Waals surface area contributed by atoms with Crippen molar-refractivity contribution in [2.75, 3.05) is 22.8 Å². The molecule has 0 amide bonds. The van der Waals surface area contributed by atoms with E-state index in [9.17, 15) is 8.42 Å². The second-order valence-corrected chi connectivity index (χ2v) is 8.77. The lowest BCUT2D eigenvalue weighted by Crippen LogP contribution is -2.49. The molecule has 0 spiro atoms. The summed E-state index contributed by atoms with van der Waals surface area (Å²) in [6, 6.07) is 15.0. The van der Waals surface area contributed by atoms with Crippen LogP contribution in [-0.4, -0.2) is 33.7 Å². The Bertz CT molecular complexity index is 845. The summed E-state index contributed by atoms with van der Waals surface area (Å²) in [7, 11) is -3.54. The average molecular weight is 395 g/mol. The number of hydrogen-bond acceptors (Lipinski definition) is 4. The Morgan fingerprint density at radius 3 is 2.31 bits per heavy atom. The molecular weight excluding hydrogens is 372 g/mol. The quantitative estimate of drug-likeness (QED) is 0.835. The van der Waals surface area contributed by atoms with Crippen molar-refractivity contribution in [1.29, 1.82) is 0 Å². The van der Waals surface area contributed by atoms with E-state index in [4.69, 9.17) is 16.3 Å². The average Bonchev–Trinajstić information content (AvgIpc) is 2.58. The van der Waals surface area contributed by atoms with E-state index in [0.717, 1.165) is 5.69 Å². The number of nitrogens with zero attached hydrogens (tertiary/aromatic N) is 1. The van der Waals surface area contributed by atoms with Crippen LogP contribution in [0.25, 0.3) is 0 Å². The first-order chi connectivity index (χ1) is 12.4. The number of sulfonamides is 1. The van der Waals surface area contributed by atoms with Crippen molar-refractivity contribution in [3.8, 4) is 0 Å². The first-order valence-electron chi connectivity index (χ1n) is 8.56. The number of anilines is 2. The second-order valence-electron chi connectivity index (χ2n) is 6.64. The van der Waals surface area contributed by atoms with Crippen LogP contribution in [0, 0.1) is 0 Å². The zero-order valence-corrected chi connectivity index (χ0v) is 16.4. The molecule has 1 heterocycles. The van der Waals surface area contributed by atoms with Crippen LogP contribution >= 0.6 is 11.6 Å². The molecule has 0 bridgehead atoms. The van der Waals surface area contributed by atoms with Crippen molar-refractivity contribution in [1.82, 2.24) is 0 Å². The Hall–Kier alpha value is -1.76. The number of ether oxygens (including phenoxy) is 1. The Kier molecular flexibility index (Phi) is 5.75. The fraction of sp³-hybridized carbons (Fsp3) is 0.368. The topological polar surface area (TPSA) is 58.6 Å². The summed E-state index contributed by atoms with van der Waals surface area (Å²) in [5.74, 6) is -0.161. The van der Waals surface area contributed by atoms with Crippen LogP contribution in [-0.2, 0) is 20.5 Å². The van der Waals surface area contributed by atoms with E-state index in [0.29, 0.717) is 29.5 Å². The number of morpholine rings is 1. The van der Waals surface area contributed by atoms with Crippen LogP contribution < -0.4 is 9.62 Å². The van der Waals surface area contributed by atoms with Gasteiger partial charge in [-0.25, -0.2) is 8.42 Å². The minimum Gasteiger partial charge on any atom is -0.377 e. The number of hydrogen-bond donors (Lipinski definition) is 1. The van der Waals surface area contributed by atoms with E-state index < -0.39 is 10.0 Å². The summed E-state index contributed by atoms with van der Waals surface area (Å²) >= 11 is 6.06. The van der Waals surface area contributed by atoms with Crippen molar-refractivity contribution in [3.63, 3.8) is 0 Å². The molecule has 140 valence electrons. The molecular formula is C19H23ClN2O3S. The lowest BCUT2D eigenvalue weighted by Gasteiger charge is -2.40. The van der Waals surface area contributed by atoms with E-state index in [1.165, 1.54) is 0 Å². The van der Waals surface area contributed by atoms with Crippen molar-refractivity contribution < 1.29 is 13.2 Å². The van der Waals surface area contributed by atoms with Gasteiger partial charge < -0.3 is 9.64 Å². The summed E-state index contributed by atoms with van der Waals surface area (Å²) in [4.78, 5) is 2.30. The SMILES string of the molecule is CC1COCC(C)N1c1ccc(NS(=O)(=O)Cc2ccccc2Cl)cc1. The summed E-state index contributed by atoms with van der Waals surface area (Å²) in [6.45, 7) is 5.62. The zero-order valence-electron chi connectivity index (χ0n) is 14.9. The molecule has 5 nitrogen and oxygen atoms in total. The summed E-state index contributed by atoms with van der Waals surface area (Å²) < 4.78 is 33.0. The Morgan fingerprint density at radius 2 is 1.69 bits per heavy atom. The van der Waals surface area contributed by atoms with Gasteiger partial charge in [0, 0.05) is 28.5 Å². The van der Waals surface area contributed by atoms with Crippen LogP contribution in [0.5, 0.6) is 0 Å². The van der Waals surface area contributed by atoms with E-state index >= 15 is 0 Å². The van der Waals surface area contributed by atoms with Crippen LogP contribution in [0.15, 0.2) is 48.5 Å². The van der Waals surface area contributed by atoms with Gasteiger partial charge in [-0.1, -0.05) is 29.8 Å². The first kappa shape index (κ1) is 19.0. The van der Waals surface area contributed by atoms with E-state index in [-0.39, 0.29) is 17.8 Å². The maximum Gasteiger partial charge on any atom is 0.236 e. The lowest BCUT2D eigenvalue weighted by atomic mass is 10.1. The van der Waals surface area contributed by atoms with Crippen LogP contribution in [0.3, 0.4) is 0 Å². The largest absolute Gasteiger partial charge is 0.377 e. The smallest absolute Gasteiger partial charge is 0.236 e. The van der Waals surface area contributed by atoms with Crippen molar-refractivity contribution in [2.24, 2.45) is 0 Å². The molecule has 26 heavy (non-hydrogen) atoms. The molecule has 3 rings (SSSR count). The number of nitrogens with one attached hydrogen (secondary N) is 1. The highest BCUT2D eigenvalue weighted by Gasteiger charge is 2.25. The summed E-state index contributed by atoms with van der Waals surface area (Å²) in [5, 5.41) is 0.448. The highest BCUT2D eigenvalue weighted by atomic mass is 35.5.